The number of aromatic nitrogens is 1. The van der Waals surface area contributed by atoms with E-state index in [1.807, 2.05) is 19.9 Å². The van der Waals surface area contributed by atoms with E-state index in [2.05, 4.69) is 10.3 Å². The third-order valence-corrected chi connectivity index (χ3v) is 10.2. The summed E-state index contributed by atoms with van der Waals surface area (Å²) in [5.74, 6) is -0.0117. The van der Waals surface area contributed by atoms with Crippen LogP contribution in [0.25, 0.3) is 10.9 Å². The lowest BCUT2D eigenvalue weighted by Gasteiger charge is -2.31. The molecule has 2 amide bonds. The molecule has 2 fully saturated rings. The number of benzene rings is 2. The van der Waals surface area contributed by atoms with Crippen molar-refractivity contribution in [2.75, 3.05) is 84.5 Å². The molecule has 0 unspecified atom stereocenters. The maximum absolute atomic E-state index is 13.9. The first-order valence-electron chi connectivity index (χ1n) is 19.7. The smallest absolute Gasteiger partial charge is 0.253 e. The van der Waals surface area contributed by atoms with Crippen LogP contribution in [0.1, 0.15) is 63.9 Å². The van der Waals surface area contributed by atoms with Crippen LogP contribution in [0.2, 0.25) is 0 Å². The number of β-amino-alcohol motifs (C(OH)–C–C–N with tert-alkyl or cyclic N) is 1. The molecule has 0 spiro atoms. The van der Waals surface area contributed by atoms with Crippen LogP contribution >= 0.6 is 0 Å². The van der Waals surface area contributed by atoms with E-state index in [1.165, 1.54) is 12.1 Å². The summed E-state index contributed by atoms with van der Waals surface area (Å²) in [4.78, 5) is 31.3. The van der Waals surface area contributed by atoms with Gasteiger partial charge in [0.05, 0.1) is 83.1 Å². The largest absolute Gasteiger partial charge is 0.491 e. The number of aliphatic hydroxyl groups excluding tert-OH is 2. The van der Waals surface area contributed by atoms with Gasteiger partial charge in [0, 0.05) is 30.4 Å². The molecule has 1 aromatic heterocycles. The average molecular weight is 784 g/mol. The molecule has 3 N–H and O–H groups in total. The van der Waals surface area contributed by atoms with Crippen LogP contribution in [0, 0.1) is 11.7 Å². The highest BCUT2D eigenvalue weighted by Gasteiger charge is 2.32. The lowest BCUT2D eigenvalue weighted by atomic mass is 9.76. The van der Waals surface area contributed by atoms with Crippen molar-refractivity contribution in [3.8, 4) is 5.75 Å². The summed E-state index contributed by atoms with van der Waals surface area (Å²) < 4.78 is 47.7. The van der Waals surface area contributed by atoms with Gasteiger partial charge in [-0.15, -0.1) is 0 Å². The van der Waals surface area contributed by atoms with Gasteiger partial charge in [-0.1, -0.05) is 0 Å². The maximum Gasteiger partial charge on any atom is 0.253 e. The number of anilines is 1. The quantitative estimate of drug-likeness (QED) is 0.113. The van der Waals surface area contributed by atoms with Gasteiger partial charge in [0.15, 0.2) is 0 Å². The summed E-state index contributed by atoms with van der Waals surface area (Å²) in [5.41, 5.74) is 1.80. The van der Waals surface area contributed by atoms with E-state index < -0.39 is 23.7 Å². The van der Waals surface area contributed by atoms with Gasteiger partial charge in [-0.3, -0.25) is 14.6 Å². The number of carbonyl (C=O) groups excluding carboxylic acids is 2. The molecule has 14 heteroatoms. The highest BCUT2D eigenvalue weighted by molar-refractivity contribution is 5.94. The zero-order valence-electron chi connectivity index (χ0n) is 32.7. The van der Waals surface area contributed by atoms with E-state index >= 15 is 0 Å². The standard InChI is InChI=1S/C42H58FN3O10/c1-42(2,28-39(48)46-16-14-34(47)29-46)56-26-24-54-22-20-52-18-17-51-19-21-53-23-25-55-35-10-8-33(9-11-35)45-41(50)40(49)31-5-3-30(4-6-31)36-13-15-44-38-12-7-32(43)27-37(36)38/h7-13,15,27,30-31,34,40,47,49H,3-6,14,16-26,28-29H2,1-2H3,(H,45,50)/t30?,31?,34-,40-/m1/s1. The molecule has 2 atom stereocenters. The molecule has 2 aromatic carbocycles. The fourth-order valence-corrected chi connectivity index (χ4v) is 7.16. The Morgan fingerprint density at radius 3 is 2.11 bits per heavy atom. The number of ether oxygens (including phenoxy) is 6. The van der Waals surface area contributed by atoms with Gasteiger partial charge in [-0.25, -0.2) is 4.39 Å². The Morgan fingerprint density at radius 2 is 1.48 bits per heavy atom. The molecule has 2 aliphatic rings. The van der Waals surface area contributed by atoms with E-state index in [-0.39, 0.29) is 30.0 Å². The highest BCUT2D eigenvalue weighted by Crippen LogP contribution is 2.39. The van der Waals surface area contributed by atoms with Crippen LogP contribution < -0.4 is 10.1 Å². The Kier molecular flexibility index (Phi) is 17.2. The number of aliphatic hydroxyl groups is 2. The molecule has 1 aliphatic carbocycles. The topological polar surface area (TPSA) is 158 Å². The molecule has 1 saturated carbocycles. The number of nitrogens with zero attached hydrogens (tertiary/aromatic N) is 2. The number of nitrogens with one attached hydrogen (secondary N) is 1. The zero-order valence-corrected chi connectivity index (χ0v) is 32.7. The summed E-state index contributed by atoms with van der Waals surface area (Å²) in [5, 5.41) is 24.1. The second-order valence-electron chi connectivity index (χ2n) is 15.0. The van der Waals surface area contributed by atoms with E-state index in [4.69, 9.17) is 28.4 Å². The van der Waals surface area contributed by atoms with Gasteiger partial charge in [0.25, 0.3) is 5.91 Å². The first kappa shape index (κ1) is 43.4. The van der Waals surface area contributed by atoms with Crippen LogP contribution in [0.3, 0.4) is 0 Å². The minimum Gasteiger partial charge on any atom is -0.491 e. The number of halogens is 1. The van der Waals surface area contributed by atoms with Gasteiger partial charge in [0.2, 0.25) is 5.91 Å². The number of pyridine rings is 1. The van der Waals surface area contributed by atoms with Crippen molar-refractivity contribution in [3.63, 3.8) is 0 Å². The van der Waals surface area contributed by atoms with Crippen LogP contribution in [-0.4, -0.2) is 129 Å². The molecule has 1 saturated heterocycles. The summed E-state index contributed by atoms with van der Waals surface area (Å²) in [7, 11) is 0. The van der Waals surface area contributed by atoms with Gasteiger partial charge in [0.1, 0.15) is 24.3 Å². The number of hydrogen-bond acceptors (Lipinski definition) is 11. The zero-order chi connectivity index (χ0) is 39.8. The van der Waals surface area contributed by atoms with Crippen LogP contribution in [0.5, 0.6) is 5.75 Å². The number of amides is 2. The number of likely N-dealkylation sites (tertiary alicyclic amines) is 1. The summed E-state index contributed by atoms with van der Waals surface area (Å²) >= 11 is 0. The van der Waals surface area contributed by atoms with Crippen LogP contribution in [0.4, 0.5) is 10.1 Å². The number of rotatable bonds is 23. The van der Waals surface area contributed by atoms with Gasteiger partial charge in [-0.05, 0) is 112 Å². The van der Waals surface area contributed by atoms with E-state index in [0.717, 1.165) is 29.3 Å². The van der Waals surface area contributed by atoms with Gasteiger partial charge in [-0.2, -0.15) is 0 Å². The molecular formula is C42H58FN3O10. The lowest BCUT2D eigenvalue weighted by Crippen LogP contribution is -2.37. The fourth-order valence-electron chi connectivity index (χ4n) is 7.16. The Balaban J connectivity index is 0.827. The van der Waals surface area contributed by atoms with Crippen LogP contribution in [0.15, 0.2) is 54.7 Å². The monoisotopic (exact) mass is 783 g/mol. The predicted octanol–water partition coefficient (Wildman–Crippen LogP) is 4.87. The number of hydrogen-bond donors (Lipinski definition) is 3. The second-order valence-corrected chi connectivity index (χ2v) is 15.0. The van der Waals surface area contributed by atoms with Crippen molar-refractivity contribution < 1.29 is 52.6 Å². The molecule has 5 rings (SSSR count). The Bertz CT molecular complexity index is 1650. The predicted molar refractivity (Wildman–Crippen MR) is 208 cm³/mol. The van der Waals surface area contributed by atoms with E-state index in [1.54, 1.807) is 41.4 Å². The van der Waals surface area contributed by atoms with Gasteiger partial charge >= 0.3 is 0 Å². The lowest BCUT2D eigenvalue weighted by molar-refractivity contribution is -0.138. The first-order valence-corrected chi connectivity index (χ1v) is 19.7. The van der Waals surface area contributed by atoms with E-state index in [9.17, 15) is 24.2 Å². The SMILES string of the molecule is CC(C)(CC(=O)N1CC[C@@H](O)C1)OCCOCCOCCOCCOCCOc1ccc(NC(=O)[C@H](O)C2CCC(c3ccnc4ccc(F)cc34)CC2)cc1. The fraction of sp³-hybridized carbons (Fsp3) is 0.595. The highest BCUT2D eigenvalue weighted by atomic mass is 19.1. The summed E-state index contributed by atoms with van der Waals surface area (Å²) in [6, 6.07) is 13.6. The molecular weight excluding hydrogens is 725 g/mol. The molecule has 308 valence electrons. The minimum absolute atomic E-state index is 0.00484. The third-order valence-electron chi connectivity index (χ3n) is 10.2. The van der Waals surface area contributed by atoms with Crippen molar-refractivity contribution in [3.05, 3.63) is 66.1 Å². The average Bonchev–Trinajstić information content (AvgIpc) is 3.64. The second kappa shape index (κ2) is 22.3. The Morgan fingerprint density at radius 1 is 0.857 bits per heavy atom. The van der Waals surface area contributed by atoms with Crippen LogP contribution in [-0.2, 0) is 33.3 Å². The summed E-state index contributed by atoms with van der Waals surface area (Å²) in [6.45, 7) is 8.85. The van der Waals surface area contributed by atoms with Crippen molar-refractivity contribution in [1.82, 2.24) is 9.88 Å². The third kappa shape index (κ3) is 14.0. The van der Waals surface area contributed by atoms with Gasteiger partial charge < -0.3 is 48.9 Å². The number of carbonyl (C=O) groups is 2. The minimum atomic E-state index is -1.12. The normalized spacial score (nSPS) is 19.3. The molecule has 13 nitrogen and oxygen atoms in total. The number of fused-ring (bicyclic) bond motifs is 1. The summed E-state index contributed by atoms with van der Waals surface area (Å²) in [6.07, 6.45) is 4.10. The van der Waals surface area contributed by atoms with Crippen molar-refractivity contribution in [2.24, 2.45) is 5.92 Å². The van der Waals surface area contributed by atoms with Crippen molar-refractivity contribution in [2.45, 2.75) is 76.1 Å². The molecule has 3 aromatic rings. The Hall–Kier alpha value is -3.76. The Labute approximate surface area is 328 Å². The molecule has 0 radical (unpaired) electrons. The first-order chi connectivity index (χ1) is 27.1. The van der Waals surface area contributed by atoms with Crippen molar-refractivity contribution in [1.29, 1.82) is 0 Å². The molecule has 0 bridgehead atoms. The van der Waals surface area contributed by atoms with E-state index in [0.29, 0.717) is 110 Å². The molecule has 2 heterocycles. The molecule has 1 aliphatic heterocycles. The maximum atomic E-state index is 13.9. The van der Waals surface area contributed by atoms with Crippen molar-refractivity contribution >= 4 is 28.4 Å². The molecule has 56 heavy (non-hydrogen) atoms.